The van der Waals surface area contributed by atoms with E-state index >= 15 is 0 Å². The molecule has 0 amide bonds. The maximum absolute atomic E-state index is 12.0. The van der Waals surface area contributed by atoms with E-state index < -0.39 is 0 Å². The third-order valence-electron chi connectivity index (χ3n) is 3.53. The first-order chi connectivity index (χ1) is 9.83. The van der Waals surface area contributed by atoms with Crippen LogP contribution < -0.4 is 4.90 Å². The molecule has 4 heteroatoms. The molecular formula is C16H23NO3. The highest BCUT2D eigenvalue weighted by Gasteiger charge is 2.19. The van der Waals surface area contributed by atoms with E-state index in [-0.39, 0.29) is 5.78 Å². The Morgan fingerprint density at radius 1 is 1.20 bits per heavy atom. The van der Waals surface area contributed by atoms with Crippen LogP contribution in [0.4, 0.5) is 5.69 Å². The van der Waals surface area contributed by atoms with Gasteiger partial charge in [-0.3, -0.25) is 4.79 Å². The number of benzene rings is 1. The molecule has 0 saturated carbocycles. The molecule has 0 fully saturated rings. The Balaban J connectivity index is 1.88. The predicted molar refractivity (Wildman–Crippen MR) is 79.5 cm³/mol. The number of ether oxygens (including phenoxy) is 2. The van der Waals surface area contributed by atoms with E-state index in [0.717, 1.165) is 43.8 Å². The summed E-state index contributed by atoms with van der Waals surface area (Å²) in [6.07, 6.45) is 2.54. The Kier molecular flexibility index (Phi) is 6.02. The van der Waals surface area contributed by atoms with E-state index in [1.54, 1.807) is 7.11 Å². The molecule has 4 nitrogen and oxygen atoms in total. The van der Waals surface area contributed by atoms with Crippen LogP contribution in [-0.2, 0) is 9.47 Å². The topological polar surface area (TPSA) is 38.8 Å². The number of Topliss-reactive ketones (excluding diaryl/α,β-unsaturated/α-hetero) is 1. The number of hydrogen-bond donors (Lipinski definition) is 0. The average molecular weight is 277 g/mol. The van der Waals surface area contributed by atoms with Crippen LogP contribution in [0.5, 0.6) is 0 Å². The first kappa shape index (κ1) is 15.0. The molecule has 0 aliphatic carbocycles. The lowest BCUT2D eigenvalue weighted by Crippen LogP contribution is -2.26. The molecule has 1 aromatic carbocycles. The van der Waals surface area contributed by atoms with Crippen molar-refractivity contribution in [3.05, 3.63) is 29.8 Å². The largest absolute Gasteiger partial charge is 0.382 e. The molecule has 20 heavy (non-hydrogen) atoms. The number of carbonyl (C=O) groups is 1. The third kappa shape index (κ3) is 4.05. The normalized spacial score (nSPS) is 15.1. The van der Waals surface area contributed by atoms with Gasteiger partial charge in [0.05, 0.1) is 13.2 Å². The Labute approximate surface area is 120 Å². The maximum Gasteiger partial charge on any atom is 0.165 e. The van der Waals surface area contributed by atoms with Crippen molar-refractivity contribution in [2.45, 2.75) is 19.3 Å². The molecule has 1 heterocycles. The predicted octanol–water partition coefficient (Wildman–Crippen LogP) is 2.52. The zero-order chi connectivity index (χ0) is 14.2. The van der Waals surface area contributed by atoms with Gasteiger partial charge in [0.25, 0.3) is 0 Å². The van der Waals surface area contributed by atoms with Crippen molar-refractivity contribution in [1.82, 2.24) is 0 Å². The number of hydrogen-bond acceptors (Lipinski definition) is 4. The molecule has 0 bridgehead atoms. The summed E-state index contributed by atoms with van der Waals surface area (Å²) >= 11 is 0. The minimum Gasteiger partial charge on any atom is -0.382 e. The third-order valence-corrected chi connectivity index (χ3v) is 3.53. The van der Waals surface area contributed by atoms with Crippen LogP contribution in [0.25, 0.3) is 0 Å². The monoisotopic (exact) mass is 277 g/mol. The lowest BCUT2D eigenvalue weighted by Gasteiger charge is -2.24. The second-order valence-corrected chi connectivity index (χ2v) is 4.99. The van der Waals surface area contributed by atoms with Gasteiger partial charge in [0.2, 0.25) is 0 Å². The standard InChI is InChI=1S/C16H23NO3/c1-19-12-13-20-11-5-10-17-9-4-8-16(18)14-6-2-3-7-15(14)17/h2-3,6-7H,4-5,8-13H2,1H3. The van der Waals surface area contributed by atoms with Gasteiger partial charge in [-0.1, -0.05) is 12.1 Å². The fourth-order valence-electron chi connectivity index (χ4n) is 2.50. The highest BCUT2D eigenvalue weighted by atomic mass is 16.5. The van der Waals surface area contributed by atoms with Crippen molar-refractivity contribution in [1.29, 1.82) is 0 Å². The van der Waals surface area contributed by atoms with Gasteiger partial charge in [-0.2, -0.15) is 0 Å². The van der Waals surface area contributed by atoms with Crippen molar-refractivity contribution in [2.75, 3.05) is 44.9 Å². The number of anilines is 1. The van der Waals surface area contributed by atoms with E-state index in [2.05, 4.69) is 4.90 Å². The zero-order valence-corrected chi connectivity index (χ0v) is 12.1. The van der Waals surface area contributed by atoms with Gasteiger partial charge < -0.3 is 14.4 Å². The fraction of sp³-hybridized carbons (Fsp3) is 0.562. The van der Waals surface area contributed by atoms with E-state index in [9.17, 15) is 4.79 Å². The summed E-state index contributed by atoms with van der Waals surface area (Å²) in [5.41, 5.74) is 1.94. The molecule has 2 rings (SSSR count). The highest BCUT2D eigenvalue weighted by Crippen LogP contribution is 2.26. The minimum absolute atomic E-state index is 0.263. The molecule has 0 saturated heterocycles. The summed E-state index contributed by atoms with van der Waals surface area (Å²) in [6, 6.07) is 7.92. The van der Waals surface area contributed by atoms with Gasteiger partial charge >= 0.3 is 0 Å². The molecule has 0 spiro atoms. The zero-order valence-electron chi connectivity index (χ0n) is 12.1. The summed E-state index contributed by atoms with van der Waals surface area (Å²) in [5.74, 6) is 0.263. The molecule has 1 aliphatic heterocycles. The number of methoxy groups -OCH3 is 1. The van der Waals surface area contributed by atoms with Gasteiger partial charge in [0.15, 0.2) is 5.78 Å². The molecule has 0 N–H and O–H groups in total. The molecule has 0 unspecified atom stereocenters. The Hall–Kier alpha value is -1.39. The minimum atomic E-state index is 0.263. The number of rotatable bonds is 7. The second-order valence-electron chi connectivity index (χ2n) is 4.99. The number of ketones is 1. The first-order valence-corrected chi connectivity index (χ1v) is 7.27. The van der Waals surface area contributed by atoms with Crippen molar-refractivity contribution in [3.63, 3.8) is 0 Å². The quantitative estimate of drug-likeness (QED) is 0.718. The first-order valence-electron chi connectivity index (χ1n) is 7.27. The van der Waals surface area contributed by atoms with Crippen LogP contribution in [0.1, 0.15) is 29.6 Å². The summed E-state index contributed by atoms with van der Waals surface area (Å²) < 4.78 is 10.4. The van der Waals surface area contributed by atoms with Gasteiger partial charge in [-0.05, 0) is 25.0 Å². The Morgan fingerprint density at radius 3 is 2.90 bits per heavy atom. The summed E-state index contributed by atoms with van der Waals surface area (Å²) in [6.45, 7) is 3.89. The van der Waals surface area contributed by atoms with E-state index in [0.29, 0.717) is 19.6 Å². The Bertz CT molecular complexity index is 433. The van der Waals surface area contributed by atoms with Crippen LogP contribution >= 0.6 is 0 Å². The lowest BCUT2D eigenvalue weighted by molar-refractivity contribution is 0.0700. The molecular weight excluding hydrogens is 254 g/mol. The molecule has 0 atom stereocenters. The van der Waals surface area contributed by atoms with Crippen molar-refractivity contribution < 1.29 is 14.3 Å². The SMILES string of the molecule is COCCOCCCN1CCCC(=O)c2ccccc21. The molecule has 110 valence electrons. The van der Waals surface area contributed by atoms with Crippen LogP contribution in [0.3, 0.4) is 0 Å². The van der Waals surface area contributed by atoms with Crippen LogP contribution in [0.15, 0.2) is 24.3 Å². The van der Waals surface area contributed by atoms with Gasteiger partial charge in [-0.15, -0.1) is 0 Å². The molecule has 1 aromatic rings. The van der Waals surface area contributed by atoms with Crippen molar-refractivity contribution >= 4 is 11.5 Å². The fourth-order valence-corrected chi connectivity index (χ4v) is 2.50. The Morgan fingerprint density at radius 2 is 2.05 bits per heavy atom. The molecule has 1 aliphatic rings. The molecule has 0 aromatic heterocycles. The average Bonchev–Trinajstić information content (AvgIpc) is 2.63. The second kappa shape index (κ2) is 8.02. The van der Waals surface area contributed by atoms with E-state index in [4.69, 9.17) is 9.47 Å². The summed E-state index contributed by atoms with van der Waals surface area (Å²) in [4.78, 5) is 14.3. The van der Waals surface area contributed by atoms with Crippen molar-refractivity contribution in [2.24, 2.45) is 0 Å². The van der Waals surface area contributed by atoms with Gasteiger partial charge in [0, 0.05) is 44.5 Å². The number of para-hydroxylation sites is 1. The van der Waals surface area contributed by atoms with Crippen molar-refractivity contribution in [3.8, 4) is 0 Å². The van der Waals surface area contributed by atoms with E-state index in [1.807, 2.05) is 24.3 Å². The van der Waals surface area contributed by atoms with Gasteiger partial charge in [0.1, 0.15) is 0 Å². The lowest BCUT2D eigenvalue weighted by atomic mass is 10.1. The molecule has 0 radical (unpaired) electrons. The van der Waals surface area contributed by atoms with Crippen LogP contribution in [0, 0.1) is 0 Å². The maximum atomic E-state index is 12.0. The van der Waals surface area contributed by atoms with E-state index in [1.165, 1.54) is 0 Å². The number of fused-ring (bicyclic) bond motifs is 1. The number of nitrogens with zero attached hydrogens (tertiary/aromatic N) is 1. The summed E-state index contributed by atoms with van der Waals surface area (Å²) in [5, 5.41) is 0. The number of carbonyl (C=O) groups excluding carboxylic acids is 1. The smallest absolute Gasteiger partial charge is 0.165 e. The van der Waals surface area contributed by atoms with Gasteiger partial charge in [-0.25, -0.2) is 0 Å². The van der Waals surface area contributed by atoms with Crippen LogP contribution in [-0.4, -0.2) is 45.8 Å². The summed E-state index contributed by atoms with van der Waals surface area (Å²) in [7, 11) is 1.68. The highest BCUT2D eigenvalue weighted by molar-refractivity contribution is 6.01. The van der Waals surface area contributed by atoms with Crippen LogP contribution in [0.2, 0.25) is 0 Å².